The summed E-state index contributed by atoms with van der Waals surface area (Å²) in [5.74, 6) is 1.25. The molecule has 0 bridgehead atoms. The monoisotopic (exact) mass is 246 g/mol. The first kappa shape index (κ1) is 12.3. The molecule has 2 aromatic rings. The van der Waals surface area contributed by atoms with Crippen LogP contribution in [0.2, 0.25) is 0 Å². The Morgan fingerprint density at radius 2 is 1.78 bits per heavy atom. The van der Waals surface area contributed by atoms with E-state index in [1.165, 1.54) is 6.33 Å². The second-order valence-corrected chi connectivity index (χ2v) is 3.68. The van der Waals surface area contributed by atoms with Crippen LogP contribution in [0.25, 0.3) is 0 Å². The predicted molar refractivity (Wildman–Crippen MR) is 65.6 cm³/mol. The number of aromatic nitrogens is 2. The second-order valence-electron chi connectivity index (χ2n) is 3.68. The normalized spacial score (nSPS) is 11.9. The van der Waals surface area contributed by atoms with Gasteiger partial charge in [-0.2, -0.15) is 0 Å². The summed E-state index contributed by atoms with van der Waals surface area (Å²) in [4.78, 5) is 7.84. The lowest BCUT2D eigenvalue weighted by molar-refractivity contribution is 0.214. The Bertz CT molecular complexity index is 495. The van der Waals surface area contributed by atoms with E-state index in [0.29, 0.717) is 22.8 Å². The molecule has 0 radical (unpaired) electrons. The minimum Gasteiger partial charge on any atom is -0.497 e. The van der Waals surface area contributed by atoms with Gasteiger partial charge in [-0.1, -0.05) is 0 Å². The van der Waals surface area contributed by atoms with E-state index in [-0.39, 0.29) is 0 Å². The first-order valence-electron chi connectivity index (χ1n) is 5.41. The fraction of sp³-hybridized carbons (Fsp3) is 0.231. The molecule has 0 saturated heterocycles. The highest BCUT2D eigenvalue weighted by Crippen LogP contribution is 2.28. The fourth-order valence-electron chi connectivity index (χ4n) is 1.62. The Kier molecular flexibility index (Phi) is 3.74. The van der Waals surface area contributed by atoms with E-state index < -0.39 is 6.10 Å². The highest BCUT2D eigenvalue weighted by Gasteiger charge is 2.14. The summed E-state index contributed by atoms with van der Waals surface area (Å²) in [5.41, 5.74) is 1.19. The van der Waals surface area contributed by atoms with Crippen LogP contribution in [0.5, 0.6) is 11.5 Å². The summed E-state index contributed by atoms with van der Waals surface area (Å²) < 4.78 is 10.3. The molecule has 0 fully saturated rings. The van der Waals surface area contributed by atoms with E-state index in [2.05, 4.69) is 9.97 Å². The number of rotatable bonds is 4. The Morgan fingerprint density at radius 1 is 1.11 bits per heavy atom. The van der Waals surface area contributed by atoms with Gasteiger partial charge in [-0.05, 0) is 23.8 Å². The number of methoxy groups -OCH3 is 2. The van der Waals surface area contributed by atoms with Crippen molar-refractivity contribution in [1.29, 1.82) is 0 Å². The largest absolute Gasteiger partial charge is 0.497 e. The van der Waals surface area contributed by atoms with E-state index >= 15 is 0 Å². The van der Waals surface area contributed by atoms with E-state index in [1.54, 1.807) is 44.7 Å². The van der Waals surface area contributed by atoms with Crippen molar-refractivity contribution in [2.24, 2.45) is 0 Å². The van der Waals surface area contributed by atoms with Crippen LogP contribution in [0.15, 0.2) is 36.8 Å². The van der Waals surface area contributed by atoms with Gasteiger partial charge in [0.2, 0.25) is 0 Å². The van der Waals surface area contributed by atoms with Crippen LogP contribution in [0.4, 0.5) is 0 Å². The molecule has 0 aliphatic rings. The molecule has 94 valence electrons. The maximum absolute atomic E-state index is 10.2. The van der Waals surface area contributed by atoms with Gasteiger partial charge in [0.25, 0.3) is 0 Å². The van der Waals surface area contributed by atoms with Crippen LogP contribution in [0, 0.1) is 0 Å². The SMILES string of the molecule is COc1cc(OC)cc(C(O)c2ccncn2)c1. The van der Waals surface area contributed by atoms with Crippen LogP contribution < -0.4 is 9.47 Å². The highest BCUT2D eigenvalue weighted by molar-refractivity contribution is 5.41. The zero-order valence-electron chi connectivity index (χ0n) is 10.2. The lowest BCUT2D eigenvalue weighted by atomic mass is 10.1. The maximum atomic E-state index is 10.2. The van der Waals surface area contributed by atoms with Gasteiger partial charge < -0.3 is 14.6 Å². The first-order valence-corrected chi connectivity index (χ1v) is 5.41. The van der Waals surface area contributed by atoms with Gasteiger partial charge in [0, 0.05) is 12.3 Å². The quantitative estimate of drug-likeness (QED) is 0.887. The molecule has 1 atom stereocenters. The smallest absolute Gasteiger partial charge is 0.122 e. The number of nitrogens with zero attached hydrogens (tertiary/aromatic N) is 2. The van der Waals surface area contributed by atoms with Crippen molar-refractivity contribution in [2.45, 2.75) is 6.10 Å². The number of benzene rings is 1. The van der Waals surface area contributed by atoms with Gasteiger partial charge in [0.05, 0.1) is 19.9 Å². The molecule has 0 amide bonds. The van der Waals surface area contributed by atoms with E-state index in [4.69, 9.17) is 9.47 Å². The van der Waals surface area contributed by atoms with E-state index in [1.807, 2.05) is 0 Å². The first-order chi connectivity index (χ1) is 8.74. The molecule has 1 heterocycles. The van der Waals surface area contributed by atoms with Crippen molar-refractivity contribution in [3.05, 3.63) is 48.0 Å². The fourth-order valence-corrected chi connectivity index (χ4v) is 1.62. The number of aliphatic hydroxyl groups is 1. The zero-order valence-corrected chi connectivity index (χ0v) is 10.2. The average molecular weight is 246 g/mol. The molecule has 2 rings (SSSR count). The summed E-state index contributed by atoms with van der Waals surface area (Å²) in [5, 5.41) is 10.2. The molecule has 0 aliphatic heterocycles. The van der Waals surface area contributed by atoms with Gasteiger partial charge >= 0.3 is 0 Å². The molecular formula is C13H14N2O3. The van der Waals surface area contributed by atoms with Crippen LogP contribution in [0.1, 0.15) is 17.4 Å². The number of hydrogen-bond acceptors (Lipinski definition) is 5. The summed E-state index contributed by atoms with van der Waals surface area (Å²) in [6.45, 7) is 0. The van der Waals surface area contributed by atoms with Crippen molar-refractivity contribution in [3.8, 4) is 11.5 Å². The third-order valence-electron chi connectivity index (χ3n) is 2.57. The van der Waals surface area contributed by atoms with Crippen molar-refractivity contribution >= 4 is 0 Å². The lowest BCUT2D eigenvalue weighted by Crippen LogP contribution is -2.03. The Morgan fingerprint density at radius 3 is 2.28 bits per heavy atom. The molecule has 1 N–H and O–H groups in total. The Hall–Kier alpha value is -2.14. The average Bonchev–Trinajstić information content (AvgIpc) is 2.46. The third kappa shape index (κ3) is 2.57. The van der Waals surface area contributed by atoms with E-state index in [9.17, 15) is 5.11 Å². The minimum atomic E-state index is -0.836. The summed E-state index contributed by atoms with van der Waals surface area (Å²) in [6, 6.07) is 6.90. The molecule has 1 unspecified atom stereocenters. The van der Waals surface area contributed by atoms with Crippen molar-refractivity contribution in [3.63, 3.8) is 0 Å². The summed E-state index contributed by atoms with van der Waals surface area (Å²) >= 11 is 0. The molecule has 5 nitrogen and oxygen atoms in total. The number of hydrogen-bond donors (Lipinski definition) is 1. The predicted octanol–water partition coefficient (Wildman–Crippen LogP) is 1.58. The minimum absolute atomic E-state index is 0.528. The van der Waals surface area contributed by atoms with Crippen molar-refractivity contribution in [2.75, 3.05) is 14.2 Å². The molecule has 0 saturated carbocycles. The zero-order chi connectivity index (χ0) is 13.0. The Labute approximate surface area is 105 Å². The van der Waals surface area contributed by atoms with Crippen molar-refractivity contribution in [1.82, 2.24) is 9.97 Å². The van der Waals surface area contributed by atoms with Crippen LogP contribution >= 0.6 is 0 Å². The number of aliphatic hydroxyl groups excluding tert-OH is 1. The second kappa shape index (κ2) is 5.46. The van der Waals surface area contributed by atoms with Crippen LogP contribution in [-0.2, 0) is 0 Å². The molecule has 1 aromatic carbocycles. The maximum Gasteiger partial charge on any atom is 0.122 e. The van der Waals surface area contributed by atoms with Crippen molar-refractivity contribution < 1.29 is 14.6 Å². The molecule has 1 aromatic heterocycles. The molecular weight excluding hydrogens is 232 g/mol. The van der Waals surface area contributed by atoms with Gasteiger partial charge in [-0.15, -0.1) is 0 Å². The lowest BCUT2D eigenvalue weighted by Gasteiger charge is -2.13. The van der Waals surface area contributed by atoms with Gasteiger partial charge in [-0.25, -0.2) is 9.97 Å². The molecule has 5 heteroatoms. The van der Waals surface area contributed by atoms with Gasteiger partial charge in [-0.3, -0.25) is 0 Å². The molecule has 18 heavy (non-hydrogen) atoms. The highest BCUT2D eigenvalue weighted by atomic mass is 16.5. The van der Waals surface area contributed by atoms with Gasteiger partial charge in [0.1, 0.15) is 23.9 Å². The molecule has 0 aliphatic carbocycles. The van der Waals surface area contributed by atoms with E-state index in [0.717, 1.165) is 0 Å². The topological polar surface area (TPSA) is 64.5 Å². The summed E-state index contributed by atoms with van der Waals surface area (Å²) in [6.07, 6.45) is 2.15. The van der Waals surface area contributed by atoms with Gasteiger partial charge in [0.15, 0.2) is 0 Å². The molecule has 0 spiro atoms. The Balaban J connectivity index is 2.38. The summed E-state index contributed by atoms with van der Waals surface area (Å²) in [7, 11) is 3.13. The number of ether oxygens (including phenoxy) is 2. The van der Waals surface area contributed by atoms with Crippen LogP contribution in [0.3, 0.4) is 0 Å². The van der Waals surface area contributed by atoms with Crippen LogP contribution in [-0.4, -0.2) is 29.3 Å². The standard InChI is InChI=1S/C13H14N2O3/c1-17-10-5-9(6-11(7-10)18-2)13(16)12-3-4-14-8-15-12/h3-8,13,16H,1-2H3. The third-order valence-corrected chi connectivity index (χ3v) is 2.57.